The Hall–Kier alpha value is -1.56. The summed E-state index contributed by atoms with van der Waals surface area (Å²) in [5.41, 5.74) is -0.0558. The molecule has 1 N–H and O–H groups in total. The second-order valence-corrected chi connectivity index (χ2v) is 6.06. The van der Waals surface area contributed by atoms with Gasteiger partial charge in [0.05, 0.1) is 11.6 Å². The molecular formula is C16H21F3N2O. The monoisotopic (exact) mass is 314 g/mol. The lowest BCUT2D eigenvalue weighted by molar-refractivity contribution is -0.137. The minimum absolute atomic E-state index is 0.0855. The fourth-order valence-electron chi connectivity index (χ4n) is 2.57. The van der Waals surface area contributed by atoms with Gasteiger partial charge in [-0.15, -0.1) is 0 Å². The van der Waals surface area contributed by atoms with E-state index in [4.69, 9.17) is 0 Å². The predicted octanol–water partition coefficient (Wildman–Crippen LogP) is 3.22. The summed E-state index contributed by atoms with van der Waals surface area (Å²) in [6, 6.07) is 4.72. The normalized spacial score (nSPS) is 17.9. The van der Waals surface area contributed by atoms with E-state index in [2.05, 4.69) is 5.32 Å². The zero-order valence-electron chi connectivity index (χ0n) is 12.9. The van der Waals surface area contributed by atoms with Gasteiger partial charge in [-0.1, -0.05) is 12.1 Å². The molecule has 1 saturated carbocycles. The molecule has 1 aliphatic rings. The Labute approximate surface area is 128 Å². The summed E-state index contributed by atoms with van der Waals surface area (Å²) < 4.78 is 38.6. The second-order valence-electron chi connectivity index (χ2n) is 6.06. The number of amides is 1. The van der Waals surface area contributed by atoms with E-state index in [0.29, 0.717) is 11.5 Å². The Balaban J connectivity index is 2.20. The third kappa shape index (κ3) is 4.00. The van der Waals surface area contributed by atoms with Crippen LogP contribution in [0.1, 0.15) is 36.9 Å². The second kappa shape index (κ2) is 6.28. The zero-order chi connectivity index (χ0) is 16.5. The Kier molecular flexibility index (Phi) is 4.80. The van der Waals surface area contributed by atoms with Gasteiger partial charge in [0.2, 0.25) is 5.91 Å². The molecule has 122 valence electrons. The van der Waals surface area contributed by atoms with Gasteiger partial charge >= 0.3 is 6.18 Å². The Morgan fingerprint density at radius 1 is 1.32 bits per heavy atom. The summed E-state index contributed by atoms with van der Waals surface area (Å²) in [6.07, 6.45) is -2.41. The number of hydrogen-bond acceptors (Lipinski definition) is 2. The highest BCUT2D eigenvalue weighted by Gasteiger charge is 2.36. The number of rotatable bonds is 5. The summed E-state index contributed by atoms with van der Waals surface area (Å²) in [6.45, 7) is 1.74. The van der Waals surface area contributed by atoms with Gasteiger partial charge in [0, 0.05) is 20.1 Å². The molecule has 0 radical (unpaired) electrons. The van der Waals surface area contributed by atoms with Gasteiger partial charge in [-0.05, 0) is 43.4 Å². The third-order valence-corrected chi connectivity index (χ3v) is 3.91. The molecule has 0 bridgehead atoms. The van der Waals surface area contributed by atoms with E-state index in [1.165, 1.54) is 17.0 Å². The number of carbonyl (C=O) groups is 1. The van der Waals surface area contributed by atoms with Crippen LogP contribution in [0.25, 0.3) is 0 Å². The van der Waals surface area contributed by atoms with Gasteiger partial charge in [-0.2, -0.15) is 13.2 Å². The largest absolute Gasteiger partial charge is 0.416 e. The van der Waals surface area contributed by atoms with E-state index in [0.717, 1.165) is 18.9 Å². The van der Waals surface area contributed by atoms with Gasteiger partial charge in [0.15, 0.2) is 0 Å². The van der Waals surface area contributed by atoms with Crippen LogP contribution in [0.15, 0.2) is 24.3 Å². The van der Waals surface area contributed by atoms with Gasteiger partial charge in [-0.3, -0.25) is 10.1 Å². The number of alkyl halides is 3. The van der Waals surface area contributed by atoms with Crippen LogP contribution in [-0.4, -0.2) is 30.9 Å². The zero-order valence-corrected chi connectivity index (χ0v) is 12.9. The Morgan fingerprint density at radius 3 is 2.45 bits per heavy atom. The van der Waals surface area contributed by atoms with Crippen LogP contribution in [0.4, 0.5) is 13.2 Å². The highest BCUT2D eigenvalue weighted by Crippen LogP contribution is 2.42. The molecule has 0 heterocycles. The molecule has 0 aliphatic heterocycles. The van der Waals surface area contributed by atoms with E-state index in [9.17, 15) is 18.0 Å². The van der Waals surface area contributed by atoms with E-state index in [-0.39, 0.29) is 11.9 Å². The quantitative estimate of drug-likeness (QED) is 0.905. The topological polar surface area (TPSA) is 32.3 Å². The first-order chi connectivity index (χ1) is 10.2. The molecule has 22 heavy (non-hydrogen) atoms. The molecule has 6 heteroatoms. The molecule has 1 fully saturated rings. The van der Waals surface area contributed by atoms with Crippen LogP contribution < -0.4 is 5.32 Å². The molecular weight excluding hydrogens is 293 g/mol. The molecule has 0 saturated heterocycles. The molecule has 1 aromatic rings. The predicted molar refractivity (Wildman–Crippen MR) is 78.2 cm³/mol. The van der Waals surface area contributed by atoms with Crippen molar-refractivity contribution >= 4 is 5.91 Å². The van der Waals surface area contributed by atoms with E-state index in [1.54, 1.807) is 27.1 Å². The lowest BCUT2D eigenvalue weighted by Gasteiger charge is -2.25. The highest BCUT2D eigenvalue weighted by atomic mass is 19.4. The van der Waals surface area contributed by atoms with Crippen LogP contribution in [0, 0.1) is 5.92 Å². The summed E-state index contributed by atoms with van der Waals surface area (Å²) in [7, 11) is 3.33. The summed E-state index contributed by atoms with van der Waals surface area (Å²) >= 11 is 0. The van der Waals surface area contributed by atoms with Crippen molar-refractivity contribution in [2.24, 2.45) is 5.92 Å². The Morgan fingerprint density at radius 2 is 1.95 bits per heavy atom. The van der Waals surface area contributed by atoms with Gasteiger partial charge in [0.25, 0.3) is 0 Å². The maximum Gasteiger partial charge on any atom is 0.416 e. The van der Waals surface area contributed by atoms with Crippen molar-refractivity contribution in [1.29, 1.82) is 0 Å². The first-order valence-corrected chi connectivity index (χ1v) is 7.34. The maximum atomic E-state index is 12.9. The summed E-state index contributed by atoms with van der Waals surface area (Å²) in [4.78, 5) is 13.4. The first-order valence-electron chi connectivity index (χ1n) is 7.34. The Bertz CT molecular complexity index is 538. The van der Waals surface area contributed by atoms with Crippen molar-refractivity contribution < 1.29 is 18.0 Å². The summed E-state index contributed by atoms with van der Waals surface area (Å²) in [5.74, 6) is 0.207. The molecule has 2 rings (SSSR count). The van der Waals surface area contributed by atoms with Crippen LogP contribution in [0.5, 0.6) is 0 Å². The first kappa shape index (κ1) is 16.8. The number of nitrogens with one attached hydrogen (secondary N) is 1. The molecule has 2 atom stereocenters. The fourth-order valence-corrected chi connectivity index (χ4v) is 2.57. The van der Waals surface area contributed by atoms with Gasteiger partial charge in [-0.25, -0.2) is 0 Å². The van der Waals surface area contributed by atoms with Crippen molar-refractivity contribution in [3.05, 3.63) is 35.4 Å². The van der Waals surface area contributed by atoms with E-state index < -0.39 is 17.8 Å². The van der Waals surface area contributed by atoms with Crippen LogP contribution >= 0.6 is 0 Å². The van der Waals surface area contributed by atoms with Crippen LogP contribution in [0.3, 0.4) is 0 Å². The molecule has 0 spiro atoms. The average Bonchev–Trinajstić information content (AvgIpc) is 3.27. The van der Waals surface area contributed by atoms with E-state index in [1.807, 2.05) is 0 Å². The number of carbonyl (C=O) groups excluding carboxylic acids is 1. The van der Waals surface area contributed by atoms with Gasteiger partial charge < -0.3 is 4.90 Å². The maximum absolute atomic E-state index is 12.9. The van der Waals surface area contributed by atoms with Crippen molar-refractivity contribution in [2.45, 2.75) is 38.0 Å². The SMILES string of the molecule is C[C@H](N[C@H](c1cccc(C(F)(F)F)c1)C1CC1)C(=O)N(C)C. The van der Waals surface area contributed by atoms with Crippen molar-refractivity contribution in [3.63, 3.8) is 0 Å². The number of benzene rings is 1. The minimum atomic E-state index is -4.35. The summed E-state index contributed by atoms with van der Waals surface area (Å²) in [5, 5.41) is 3.20. The minimum Gasteiger partial charge on any atom is -0.347 e. The van der Waals surface area contributed by atoms with Crippen LogP contribution in [-0.2, 0) is 11.0 Å². The lowest BCUT2D eigenvalue weighted by Crippen LogP contribution is -2.43. The standard InChI is InChI=1S/C16H21F3N2O/c1-10(15(22)21(2)3)20-14(11-7-8-11)12-5-4-6-13(9-12)16(17,18)19/h4-6,9-11,14,20H,7-8H2,1-3H3/t10-,14-/m0/s1. The molecule has 1 amide bonds. The molecule has 1 aliphatic carbocycles. The lowest BCUT2D eigenvalue weighted by atomic mass is 9.99. The van der Waals surface area contributed by atoms with Crippen LogP contribution in [0.2, 0.25) is 0 Å². The fraction of sp³-hybridized carbons (Fsp3) is 0.562. The van der Waals surface area contributed by atoms with Crippen molar-refractivity contribution in [2.75, 3.05) is 14.1 Å². The third-order valence-electron chi connectivity index (χ3n) is 3.91. The van der Waals surface area contributed by atoms with Crippen molar-refractivity contribution in [1.82, 2.24) is 10.2 Å². The van der Waals surface area contributed by atoms with Gasteiger partial charge in [0.1, 0.15) is 0 Å². The number of halogens is 3. The highest BCUT2D eigenvalue weighted by molar-refractivity contribution is 5.81. The number of nitrogens with zero attached hydrogens (tertiary/aromatic N) is 1. The molecule has 0 unspecified atom stereocenters. The molecule has 3 nitrogen and oxygen atoms in total. The smallest absolute Gasteiger partial charge is 0.347 e. The number of likely N-dealkylation sites (N-methyl/N-ethyl adjacent to an activating group) is 1. The average molecular weight is 314 g/mol. The number of hydrogen-bond donors (Lipinski definition) is 1. The van der Waals surface area contributed by atoms with E-state index >= 15 is 0 Å². The molecule has 0 aromatic heterocycles. The molecule has 1 aromatic carbocycles. The van der Waals surface area contributed by atoms with Crippen molar-refractivity contribution in [3.8, 4) is 0 Å².